The highest BCUT2D eigenvalue weighted by Gasteiger charge is 2.27. The van der Waals surface area contributed by atoms with Crippen molar-refractivity contribution >= 4 is 6.98 Å². The fourth-order valence-corrected chi connectivity index (χ4v) is 1.39. The molecule has 0 aliphatic rings. The van der Waals surface area contributed by atoms with Crippen LogP contribution in [-0.4, -0.2) is 30.0 Å². The van der Waals surface area contributed by atoms with Crippen LogP contribution in [0, 0.1) is 0 Å². The predicted octanol–water partition coefficient (Wildman–Crippen LogP) is 2.85. The summed E-state index contributed by atoms with van der Waals surface area (Å²) in [4.78, 5) is 5.76. The van der Waals surface area contributed by atoms with E-state index in [2.05, 4.69) is 11.6 Å². The summed E-state index contributed by atoms with van der Waals surface area (Å²) in [7, 11) is 0. The third-order valence-corrected chi connectivity index (χ3v) is 2.45. The highest BCUT2D eigenvalue weighted by atomic mass is 19.4. The molecule has 0 spiro atoms. The predicted molar refractivity (Wildman–Crippen MR) is 63.4 cm³/mol. The molecule has 0 saturated carbocycles. The summed E-state index contributed by atoms with van der Waals surface area (Å²) in [5, 5.41) is 0. The highest BCUT2D eigenvalue weighted by Crippen LogP contribution is 2.19. The summed E-state index contributed by atoms with van der Waals surface area (Å²) >= 11 is 0. The van der Waals surface area contributed by atoms with Crippen molar-refractivity contribution in [2.75, 3.05) is 13.1 Å². The molecule has 2 nitrogen and oxygen atoms in total. The van der Waals surface area contributed by atoms with Gasteiger partial charge in [0.15, 0.2) is 0 Å². The molecule has 0 fully saturated rings. The lowest BCUT2D eigenvalue weighted by Gasteiger charge is -2.26. The molecule has 0 aromatic carbocycles. The van der Waals surface area contributed by atoms with Crippen LogP contribution in [0.15, 0.2) is 36.4 Å². The number of pyridine rings is 1. The Morgan fingerprint density at radius 2 is 2.12 bits per heavy atom. The summed E-state index contributed by atoms with van der Waals surface area (Å²) in [6.07, 6.45) is 1.63. The number of halogens is 3. The molecule has 1 rings (SSSR count). The first-order chi connectivity index (χ1) is 7.93. The second kappa shape index (κ2) is 5.86. The van der Waals surface area contributed by atoms with Gasteiger partial charge in [-0.15, -0.1) is 12.1 Å². The van der Waals surface area contributed by atoms with Gasteiger partial charge in [0.05, 0.1) is 5.69 Å². The summed E-state index contributed by atoms with van der Waals surface area (Å²) in [5.74, 6) is 0. The van der Waals surface area contributed by atoms with E-state index >= 15 is 0 Å². The van der Waals surface area contributed by atoms with E-state index in [4.69, 9.17) is 0 Å². The molecule has 1 aromatic heterocycles. The van der Waals surface area contributed by atoms with Crippen molar-refractivity contribution in [1.29, 1.82) is 0 Å². The number of rotatable bonds is 6. The first kappa shape index (κ1) is 13.8. The zero-order valence-electron chi connectivity index (χ0n) is 9.74. The van der Waals surface area contributed by atoms with Gasteiger partial charge in [-0.2, -0.15) is 0 Å². The maximum absolute atomic E-state index is 12.4. The summed E-state index contributed by atoms with van der Waals surface area (Å²) in [6, 6.07) is 5.39. The standard InChI is InChI=1S/C11H15BF3N2/c1-3-17(8-10(2)12(13,14)15)9-11-6-4-5-7-16-11/h4-7H,2-3,8-9H2,1H3/q-1. The Hall–Kier alpha value is -1.30. The summed E-state index contributed by atoms with van der Waals surface area (Å²) < 4.78 is 37.2. The number of likely N-dealkylation sites (N-methyl/N-ethyl adjacent to an activating group) is 1. The van der Waals surface area contributed by atoms with E-state index in [1.807, 2.05) is 13.0 Å². The summed E-state index contributed by atoms with van der Waals surface area (Å²) in [6.45, 7) is 0.746. The van der Waals surface area contributed by atoms with Gasteiger partial charge in [0.2, 0.25) is 0 Å². The molecule has 0 saturated heterocycles. The minimum absolute atomic E-state index is 0.156. The lowest BCUT2D eigenvalue weighted by molar-refractivity contribution is 0.299. The molecule has 17 heavy (non-hydrogen) atoms. The van der Waals surface area contributed by atoms with Gasteiger partial charge in [-0.3, -0.25) is 9.88 Å². The highest BCUT2D eigenvalue weighted by molar-refractivity contribution is 6.66. The Bertz CT molecular complexity index is 365. The molecule has 1 aromatic rings. The number of aromatic nitrogens is 1. The van der Waals surface area contributed by atoms with Crippen LogP contribution in [0.1, 0.15) is 12.6 Å². The molecular weight excluding hydrogens is 228 g/mol. The van der Waals surface area contributed by atoms with Crippen LogP contribution in [0.25, 0.3) is 0 Å². The maximum atomic E-state index is 12.4. The van der Waals surface area contributed by atoms with Gasteiger partial charge in [0.25, 0.3) is 0 Å². The monoisotopic (exact) mass is 243 g/mol. The Morgan fingerprint density at radius 1 is 1.41 bits per heavy atom. The van der Waals surface area contributed by atoms with Crippen LogP contribution in [-0.2, 0) is 6.54 Å². The van der Waals surface area contributed by atoms with Crippen molar-refractivity contribution in [3.63, 3.8) is 0 Å². The zero-order valence-corrected chi connectivity index (χ0v) is 9.74. The van der Waals surface area contributed by atoms with Crippen LogP contribution >= 0.6 is 0 Å². The third-order valence-electron chi connectivity index (χ3n) is 2.45. The second-order valence-electron chi connectivity index (χ2n) is 3.86. The maximum Gasteiger partial charge on any atom is 0.506 e. The van der Waals surface area contributed by atoms with Crippen molar-refractivity contribution in [3.8, 4) is 0 Å². The molecule has 0 N–H and O–H groups in total. The smallest absolute Gasteiger partial charge is 0.445 e. The van der Waals surface area contributed by atoms with E-state index in [0.717, 1.165) is 5.69 Å². The molecule has 0 amide bonds. The Balaban J connectivity index is 2.59. The van der Waals surface area contributed by atoms with Crippen LogP contribution in [0.2, 0.25) is 0 Å². The number of nitrogens with zero attached hydrogens (tertiary/aromatic N) is 2. The van der Waals surface area contributed by atoms with Gasteiger partial charge < -0.3 is 12.9 Å². The van der Waals surface area contributed by atoms with Crippen LogP contribution in [0.3, 0.4) is 0 Å². The number of hydrogen-bond donors (Lipinski definition) is 0. The quantitative estimate of drug-likeness (QED) is 0.714. The van der Waals surface area contributed by atoms with Gasteiger partial charge in [-0.1, -0.05) is 13.0 Å². The van der Waals surface area contributed by atoms with Crippen molar-refractivity contribution in [3.05, 3.63) is 42.1 Å². The molecule has 94 valence electrons. The van der Waals surface area contributed by atoms with Crippen molar-refractivity contribution in [2.45, 2.75) is 13.5 Å². The van der Waals surface area contributed by atoms with Crippen molar-refractivity contribution in [1.82, 2.24) is 9.88 Å². The van der Waals surface area contributed by atoms with E-state index in [-0.39, 0.29) is 6.54 Å². The van der Waals surface area contributed by atoms with Crippen LogP contribution < -0.4 is 0 Å². The first-order valence-electron chi connectivity index (χ1n) is 5.43. The molecule has 0 atom stereocenters. The summed E-state index contributed by atoms with van der Waals surface area (Å²) in [5.41, 5.74) is 0.0969. The first-order valence-corrected chi connectivity index (χ1v) is 5.43. The average molecular weight is 243 g/mol. The Labute approximate surface area is 99.2 Å². The van der Waals surface area contributed by atoms with E-state index < -0.39 is 12.4 Å². The van der Waals surface area contributed by atoms with Crippen molar-refractivity contribution < 1.29 is 12.9 Å². The topological polar surface area (TPSA) is 16.1 Å². The third kappa shape index (κ3) is 4.60. The zero-order chi connectivity index (χ0) is 12.9. The normalized spacial score (nSPS) is 11.8. The lowest BCUT2D eigenvalue weighted by Crippen LogP contribution is -2.32. The Kier molecular flexibility index (Phi) is 4.75. The fourth-order valence-electron chi connectivity index (χ4n) is 1.39. The van der Waals surface area contributed by atoms with Gasteiger partial charge in [-0.25, -0.2) is 0 Å². The molecule has 6 heteroatoms. The number of hydrogen-bond acceptors (Lipinski definition) is 2. The molecule has 0 unspecified atom stereocenters. The molecule has 0 aliphatic carbocycles. The fraction of sp³-hybridized carbons (Fsp3) is 0.364. The van der Waals surface area contributed by atoms with E-state index in [9.17, 15) is 12.9 Å². The second-order valence-corrected chi connectivity index (χ2v) is 3.86. The van der Waals surface area contributed by atoms with E-state index in [1.165, 1.54) is 0 Å². The van der Waals surface area contributed by atoms with Gasteiger partial charge in [0, 0.05) is 12.7 Å². The Morgan fingerprint density at radius 3 is 2.59 bits per heavy atom. The molecule has 1 heterocycles. The minimum atomic E-state index is -4.95. The average Bonchev–Trinajstić information content (AvgIpc) is 2.28. The molecule has 0 radical (unpaired) electrons. The van der Waals surface area contributed by atoms with E-state index in [1.54, 1.807) is 23.2 Å². The van der Waals surface area contributed by atoms with Crippen molar-refractivity contribution in [2.24, 2.45) is 0 Å². The molecular formula is C11H15BF3N2-. The van der Waals surface area contributed by atoms with Crippen LogP contribution in [0.5, 0.6) is 0 Å². The van der Waals surface area contributed by atoms with Gasteiger partial charge in [-0.05, 0) is 25.2 Å². The van der Waals surface area contributed by atoms with Gasteiger partial charge >= 0.3 is 6.98 Å². The van der Waals surface area contributed by atoms with E-state index in [0.29, 0.717) is 13.1 Å². The SMILES string of the molecule is C=C(CN(CC)Cc1ccccn1)[B-](F)(F)F. The van der Waals surface area contributed by atoms with Crippen LogP contribution in [0.4, 0.5) is 12.9 Å². The minimum Gasteiger partial charge on any atom is -0.445 e. The largest absolute Gasteiger partial charge is 0.506 e. The lowest BCUT2D eigenvalue weighted by atomic mass is 9.80. The van der Waals surface area contributed by atoms with Gasteiger partial charge in [0.1, 0.15) is 0 Å². The molecule has 0 bridgehead atoms. The molecule has 0 aliphatic heterocycles.